The first kappa shape index (κ1) is 20.1. The van der Waals surface area contributed by atoms with E-state index in [1.807, 2.05) is 30.3 Å². The van der Waals surface area contributed by atoms with E-state index in [4.69, 9.17) is 0 Å². The predicted molar refractivity (Wildman–Crippen MR) is 111 cm³/mol. The summed E-state index contributed by atoms with van der Waals surface area (Å²) in [6, 6.07) is 20.4. The van der Waals surface area contributed by atoms with E-state index in [0.717, 1.165) is 44.0 Å². The predicted octanol–water partition coefficient (Wildman–Crippen LogP) is 3.62. The van der Waals surface area contributed by atoms with Crippen molar-refractivity contribution in [1.29, 1.82) is 0 Å². The highest BCUT2D eigenvalue weighted by molar-refractivity contribution is 7.88. The Balaban J connectivity index is 1.50. The molecule has 0 aromatic heterocycles. The summed E-state index contributed by atoms with van der Waals surface area (Å²) in [6.07, 6.45) is 5.62. The Morgan fingerprint density at radius 1 is 1.00 bits per heavy atom. The Bertz CT molecular complexity index is 786. The number of rotatable bonds is 8. The third-order valence-electron chi connectivity index (χ3n) is 5.37. The molecule has 1 aliphatic heterocycles. The van der Waals surface area contributed by atoms with Crippen molar-refractivity contribution in [2.45, 2.75) is 31.7 Å². The molecule has 1 aliphatic rings. The summed E-state index contributed by atoms with van der Waals surface area (Å²) in [7, 11) is -3.24. The van der Waals surface area contributed by atoms with Gasteiger partial charge in [-0.15, -0.1) is 0 Å². The Hall–Kier alpha value is -1.69. The molecule has 0 amide bonds. The van der Waals surface area contributed by atoms with Gasteiger partial charge in [-0.25, -0.2) is 13.1 Å². The molecule has 0 bridgehead atoms. The molecule has 2 aromatic rings. The van der Waals surface area contributed by atoms with Gasteiger partial charge in [-0.05, 0) is 62.4 Å². The lowest BCUT2D eigenvalue weighted by molar-refractivity contribution is 0.178. The number of piperidine rings is 1. The van der Waals surface area contributed by atoms with Gasteiger partial charge in [0, 0.05) is 6.04 Å². The lowest BCUT2D eigenvalue weighted by Crippen LogP contribution is -2.37. The maximum Gasteiger partial charge on any atom is 0.209 e. The van der Waals surface area contributed by atoms with Crippen LogP contribution in [-0.2, 0) is 16.4 Å². The molecule has 0 radical (unpaired) electrons. The fourth-order valence-corrected chi connectivity index (χ4v) is 4.68. The lowest BCUT2D eigenvalue weighted by atomic mass is 9.90. The van der Waals surface area contributed by atoms with Gasteiger partial charge in [0.2, 0.25) is 10.0 Å². The summed E-state index contributed by atoms with van der Waals surface area (Å²) in [6.45, 7) is 3.11. The van der Waals surface area contributed by atoms with Crippen molar-refractivity contribution in [1.82, 2.24) is 9.62 Å². The van der Waals surface area contributed by atoms with Crippen molar-refractivity contribution in [2.75, 3.05) is 25.9 Å². The van der Waals surface area contributed by atoms with Gasteiger partial charge in [-0.2, -0.15) is 0 Å². The van der Waals surface area contributed by atoms with Gasteiger partial charge in [0.15, 0.2) is 0 Å². The molecule has 1 saturated heterocycles. The molecule has 146 valence electrons. The van der Waals surface area contributed by atoms with Crippen LogP contribution in [0.3, 0.4) is 0 Å². The third kappa shape index (κ3) is 6.76. The van der Waals surface area contributed by atoms with E-state index in [1.165, 1.54) is 24.7 Å². The number of nitrogens with zero attached hydrogens (tertiary/aromatic N) is 1. The number of likely N-dealkylation sites (tertiary alicyclic amines) is 1. The van der Waals surface area contributed by atoms with E-state index < -0.39 is 10.0 Å². The molecule has 1 fully saturated rings. The minimum atomic E-state index is -3.24. The molecule has 1 heterocycles. The Morgan fingerprint density at radius 2 is 1.59 bits per heavy atom. The van der Waals surface area contributed by atoms with Gasteiger partial charge >= 0.3 is 0 Å². The summed E-state index contributed by atoms with van der Waals surface area (Å²) in [5.41, 5.74) is 2.46. The smallest absolute Gasteiger partial charge is 0.209 e. The average molecular weight is 387 g/mol. The van der Waals surface area contributed by atoms with Crippen molar-refractivity contribution in [3.63, 3.8) is 0 Å². The quantitative estimate of drug-likeness (QED) is 0.754. The minimum absolute atomic E-state index is 0.164. The van der Waals surface area contributed by atoms with Crippen LogP contribution in [0.5, 0.6) is 0 Å². The highest BCUT2D eigenvalue weighted by Crippen LogP contribution is 2.23. The maximum absolute atomic E-state index is 11.8. The molecule has 2 aromatic carbocycles. The Kier molecular flexibility index (Phi) is 7.05. The first-order chi connectivity index (χ1) is 13.0. The second kappa shape index (κ2) is 9.49. The number of sulfonamides is 1. The van der Waals surface area contributed by atoms with Crippen LogP contribution in [0.4, 0.5) is 0 Å². The van der Waals surface area contributed by atoms with E-state index in [0.29, 0.717) is 0 Å². The van der Waals surface area contributed by atoms with Gasteiger partial charge in [-0.3, -0.25) is 0 Å². The van der Waals surface area contributed by atoms with Crippen LogP contribution in [-0.4, -0.2) is 39.2 Å². The van der Waals surface area contributed by atoms with Crippen molar-refractivity contribution in [3.05, 3.63) is 71.8 Å². The molecule has 27 heavy (non-hydrogen) atoms. The monoisotopic (exact) mass is 386 g/mol. The first-order valence-electron chi connectivity index (χ1n) is 9.78. The SMILES string of the molecule is CS(=O)(=O)NC(CCN1CCC(Cc2ccccc2)CC1)c1ccccc1. The Morgan fingerprint density at radius 3 is 2.19 bits per heavy atom. The summed E-state index contributed by atoms with van der Waals surface area (Å²) in [4.78, 5) is 2.47. The third-order valence-corrected chi connectivity index (χ3v) is 6.08. The van der Waals surface area contributed by atoms with Crippen LogP contribution in [0.15, 0.2) is 60.7 Å². The summed E-state index contributed by atoms with van der Waals surface area (Å²) in [5, 5.41) is 0. The van der Waals surface area contributed by atoms with Crippen molar-refractivity contribution in [3.8, 4) is 0 Å². The summed E-state index contributed by atoms with van der Waals surface area (Å²) >= 11 is 0. The average Bonchev–Trinajstić information content (AvgIpc) is 2.67. The van der Waals surface area contributed by atoms with E-state index >= 15 is 0 Å². The molecule has 1 unspecified atom stereocenters. The molecule has 4 nitrogen and oxygen atoms in total. The van der Waals surface area contributed by atoms with Crippen molar-refractivity contribution in [2.24, 2.45) is 5.92 Å². The molecule has 3 rings (SSSR count). The van der Waals surface area contributed by atoms with E-state index in [-0.39, 0.29) is 6.04 Å². The molecule has 1 N–H and O–H groups in total. The number of hydrogen-bond acceptors (Lipinski definition) is 3. The molecule has 5 heteroatoms. The maximum atomic E-state index is 11.8. The van der Waals surface area contributed by atoms with Crippen molar-refractivity contribution < 1.29 is 8.42 Å². The number of hydrogen-bond donors (Lipinski definition) is 1. The molecule has 1 atom stereocenters. The van der Waals surface area contributed by atoms with E-state index in [9.17, 15) is 8.42 Å². The van der Waals surface area contributed by atoms with Gasteiger partial charge in [0.1, 0.15) is 0 Å². The topological polar surface area (TPSA) is 49.4 Å². The highest BCUT2D eigenvalue weighted by Gasteiger charge is 2.22. The normalized spacial score (nSPS) is 17.7. The largest absolute Gasteiger partial charge is 0.303 e. The zero-order valence-electron chi connectivity index (χ0n) is 16.0. The summed E-state index contributed by atoms with van der Waals surface area (Å²) < 4.78 is 26.3. The molecule has 0 spiro atoms. The van der Waals surface area contributed by atoms with Crippen LogP contribution in [0.1, 0.15) is 36.4 Å². The van der Waals surface area contributed by atoms with Crippen molar-refractivity contribution >= 4 is 10.0 Å². The van der Waals surface area contributed by atoms with Gasteiger partial charge < -0.3 is 4.90 Å². The lowest BCUT2D eigenvalue weighted by Gasteiger charge is -2.33. The van der Waals surface area contributed by atoms with Gasteiger partial charge in [-0.1, -0.05) is 60.7 Å². The number of benzene rings is 2. The second-order valence-corrected chi connectivity index (χ2v) is 9.40. The molecular weight excluding hydrogens is 356 g/mol. The Labute approximate surface area is 163 Å². The summed E-state index contributed by atoms with van der Waals surface area (Å²) in [5.74, 6) is 0.753. The standard InChI is InChI=1S/C22H30N2O2S/c1-27(25,26)23-22(21-10-6-3-7-11-21)14-17-24-15-12-20(13-16-24)18-19-8-4-2-5-9-19/h2-11,20,22-23H,12-18H2,1H3. The van der Waals surface area contributed by atoms with Crippen LogP contribution < -0.4 is 4.72 Å². The van der Waals surface area contributed by atoms with Crippen LogP contribution >= 0.6 is 0 Å². The van der Waals surface area contributed by atoms with Crippen LogP contribution in [0, 0.1) is 5.92 Å². The molecular formula is C22H30N2O2S. The van der Waals surface area contributed by atoms with E-state index in [2.05, 4.69) is 40.0 Å². The zero-order valence-corrected chi connectivity index (χ0v) is 16.9. The van der Waals surface area contributed by atoms with Crippen LogP contribution in [0.25, 0.3) is 0 Å². The second-order valence-electron chi connectivity index (χ2n) is 7.62. The fourth-order valence-electron chi connectivity index (χ4n) is 3.91. The van der Waals surface area contributed by atoms with Gasteiger partial charge in [0.05, 0.1) is 6.26 Å². The number of nitrogens with one attached hydrogen (secondary N) is 1. The van der Waals surface area contributed by atoms with E-state index in [1.54, 1.807) is 0 Å². The first-order valence-corrected chi connectivity index (χ1v) is 11.7. The van der Waals surface area contributed by atoms with Gasteiger partial charge in [0.25, 0.3) is 0 Å². The minimum Gasteiger partial charge on any atom is -0.303 e. The van der Waals surface area contributed by atoms with Crippen LogP contribution in [0.2, 0.25) is 0 Å². The zero-order chi connectivity index (χ0) is 19.1. The molecule has 0 aliphatic carbocycles. The highest BCUT2D eigenvalue weighted by atomic mass is 32.2. The fraction of sp³-hybridized carbons (Fsp3) is 0.455. The molecule has 0 saturated carbocycles.